The first kappa shape index (κ1) is 6.71. The molecule has 0 saturated heterocycles. The Morgan fingerprint density at radius 3 is 3.38 bits per heavy atom. The Hall–Kier alpha value is -1.78. The lowest BCUT2D eigenvalue weighted by molar-refractivity contribution is -0.115. The fourth-order valence-corrected chi connectivity index (χ4v) is 1.75. The van der Waals surface area contributed by atoms with Gasteiger partial charge in [0.05, 0.1) is 18.9 Å². The Balaban J connectivity index is 2.22. The highest BCUT2D eigenvalue weighted by Crippen LogP contribution is 2.38. The Morgan fingerprint density at radius 2 is 2.46 bits per heavy atom. The lowest BCUT2D eigenvalue weighted by atomic mass is 10.2. The quantitative estimate of drug-likeness (QED) is 0.593. The Kier molecular flexibility index (Phi) is 1.10. The molecule has 0 bridgehead atoms. The molecule has 0 aliphatic carbocycles. The first-order chi connectivity index (χ1) is 6.34. The third-order valence-corrected chi connectivity index (χ3v) is 2.29. The fraction of sp³-hybridized carbons (Fsp3) is 0.250. The van der Waals surface area contributed by atoms with E-state index in [4.69, 9.17) is 0 Å². The molecule has 0 unspecified atom stereocenters. The summed E-state index contributed by atoms with van der Waals surface area (Å²) in [7, 11) is 0. The summed E-state index contributed by atoms with van der Waals surface area (Å²) >= 11 is 0. The lowest BCUT2D eigenvalue weighted by Crippen LogP contribution is -2.37. The van der Waals surface area contributed by atoms with E-state index < -0.39 is 0 Å². The van der Waals surface area contributed by atoms with E-state index in [1.807, 2.05) is 11.0 Å². The molecule has 1 aromatic rings. The molecule has 2 aliphatic heterocycles. The largest absolute Gasteiger partial charge is 0.366 e. The van der Waals surface area contributed by atoms with E-state index in [-0.39, 0.29) is 5.91 Å². The predicted octanol–water partition coefficient (Wildman–Crippen LogP) is 0.223. The summed E-state index contributed by atoms with van der Waals surface area (Å²) in [5.74, 6) is 0.666. The van der Waals surface area contributed by atoms with Crippen LogP contribution in [0.25, 0.3) is 0 Å². The molecule has 0 saturated carbocycles. The normalized spacial score (nSPS) is 17.8. The van der Waals surface area contributed by atoms with E-state index in [2.05, 4.69) is 15.6 Å². The van der Waals surface area contributed by atoms with Gasteiger partial charge in [0.25, 0.3) is 0 Å². The van der Waals surface area contributed by atoms with Gasteiger partial charge in [-0.1, -0.05) is 0 Å². The molecule has 0 spiro atoms. The number of aromatic nitrogens is 1. The monoisotopic (exact) mass is 176 g/mol. The second-order valence-electron chi connectivity index (χ2n) is 3.14. The third kappa shape index (κ3) is 0.809. The topological polar surface area (TPSA) is 57.3 Å². The van der Waals surface area contributed by atoms with Gasteiger partial charge in [0.15, 0.2) is 5.82 Å². The van der Waals surface area contributed by atoms with Crippen molar-refractivity contribution in [1.29, 1.82) is 0 Å². The number of carbonyl (C=O) groups excluding carboxylic acids is 1. The van der Waals surface area contributed by atoms with Crippen molar-refractivity contribution < 1.29 is 4.79 Å². The number of hydrogen-bond acceptors (Lipinski definition) is 4. The number of nitrogens with one attached hydrogen (secondary N) is 2. The summed E-state index contributed by atoms with van der Waals surface area (Å²) in [5.41, 5.74) is 2.06. The Bertz CT molecular complexity index is 390. The van der Waals surface area contributed by atoms with Crippen molar-refractivity contribution in [1.82, 2.24) is 4.98 Å². The summed E-state index contributed by atoms with van der Waals surface area (Å²) < 4.78 is 0. The van der Waals surface area contributed by atoms with Crippen molar-refractivity contribution in [3.05, 3.63) is 12.3 Å². The van der Waals surface area contributed by atoms with E-state index in [9.17, 15) is 4.79 Å². The van der Waals surface area contributed by atoms with Crippen LogP contribution in [0.15, 0.2) is 12.3 Å². The van der Waals surface area contributed by atoms with Gasteiger partial charge in [-0.25, -0.2) is 4.98 Å². The third-order valence-electron chi connectivity index (χ3n) is 2.29. The zero-order valence-corrected chi connectivity index (χ0v) is 6.87. The van der Waals surface area contributed by atoms with E-state index in [0.29, 0.717) is 19.0 Å². The molecule has 3 rings (SSSR count). The van der Waals surface area contributed by atoms with Crippen molar-refractivity contribution in [2.24, 2.45) is 0 Å². The van der Waals surface area contributed by atoms with Gasteiger partial charge in [-0.15, -0.1) is 0 Å². The van der Waals surface area contributed by atoms with Crippen LogP contribution in [0.5, 0.6) is 0 Å². The van der Waals surface area contributed by atoms with Crippen LogP contribution in [-0.4, -0.2) is 24.1 Å². The zero-order valence-electron chi connectivity index (χ0n) is 6.87. The average Bonchev–Trinajstić information content (AvgIpc) is 2.50. The van der Waals surface area contributed by atoms with Crippen LogP contribution in [0.1, 0.15) is 0 Å². The van der Waals surface area contributed by atoms with Crippen molar-refractivity contribution >= 4 is 23.1 Å². The SMILES string of the molecule is O=C1CN2CNc3ccnc(c32)N1. The maximum atomic E-state index is 11.2. The molecule has 66 valence electrons. The van der Waals surface area contributed by atoms with Crippen LogP contribution in [0.4, 0.5) is 17.2 Å². The number of hydrogen-bond donors (Lipinski definition) is 2. The zero-order chi connectivity index (χ0) is 8.84. The molecule has 0 radical (unpaired) electrons. The van der Waals surface area contributed by atoms with Gasteiger partial charge in [0, 0.05) is 6.20 Å². The molecule has 1 aromatic heterocycles. The lowest BCUT2D eigenvalue weighted by Gasteiger charge is -2.24. The molecule has 13 heavy (non-hydrogen) atoms. The van der Waals surface area contributed by atoms with Gasteiger partial charge in [-0.05, 0) is 6.07 Å². The van der Waals surface area contributed by atoms with E-state index >= 15 is 0 Å². The van der Waals surface area contributed by atoms with Gasteiger partial charge in [-0.3, -0.25) is 4.79 Å². The van der Waals surface area contributed by atoms with Crippen LogP contribution in [-0.2, 0) is 4.79 Å². The smallest absolute Gasteiger partial charge is 0.245 e. The highest BCUT2D eigenvalue weighted by Gasteiger charge is 2.29. The van der Waals surface area contributed by atoms with Gasteiger partial charge < -0.3 is 15.5 Å². The Morgan fingerprint density at radius 1 is 1.54 bits per heavy atom. The molecule has 3 heterocycles. The maximum Gasteiger partial charge on any atom is 0.245 e. The molecule has 0 fully saturated rings. The summed E-state index contributed by atoms with van der Waals surface area (Å²) in [5, 5.41) is 5.94. The standard InChI is InChI=1S/C8H8N4O/c13-6-3-12-4-10-5-1-2-9-8(11-6)7(5)12/h1-2,10H,3-4H2,(H,9,11,13). The predicted molar refractivity (Wildman–Crippen MR) is 48.7 cm³/mol. The summed E-state index contributed by atoms with van der Waals surface area (Å²) in [6.45, 7) is 1.11. The molecular weight excluding hydrogens is 168 g/mol. The highest BCUT2D eigenvalue weighted by atomic mass is 16.2. The fourth-order valence-electron chi connectivity index (χ4n) is 1.75. The number of rotatable bonds is 0. The van der Waals surface area contributed by atoms with Crippen molar-refractivity contribution in [3.8, 4) is 0 Å². The summed E-state index contributed by atoms with van der Waals surface area (Å²) in [6.07, 6.45) is 1.69. The minimum absolute atomic E-state index is 0.000787. The Labute approximate surface area is 74.8 Å². The van der Waals surface area contributed by atoms with Crippen LogP contribution in [0.2, 0.25) is 0 Å². The summed E-state index contributed by atoms with van der Waals surface area (Å²) in [6, 6.07) is 1.91. The number of carbonyl (C=O) groups is 1. The van der Waals surface area contributed by atoms with E-state index in [1.165, 1.54) is 0 Å². The highest BCUT2D eigenvalue weighted by molar-refractivity contribution is 6.03. The van der Waals surface area contributed by atoms with Gasteiger partial charge >= 0.3 is 0 Å². The van der Waals surface area contributed by atoms with Gasteiger partial charge in [0.2, 0.25) is 5.91 Å². The van der Waals surface area contributed by atoms with E-state index in [1.54, 1.807) is 6.20 Å². The van der Waals surface area contributed by atoms with Gasteiger partial charge in [0.1, 0.15) is 5.69 Å². The summed E-state index contributed by atoms with van der Waals surface area (Å²) in [4.78, 5) is 17.3. The molecule has 2 aliphatic rings. The maximum absolute atomic E-state index is 11.2. The number of anilines is 3. The second-order valence-corrected chi connectivity index (χ2v) is 3.14. The first-order valence-corrected chi connectivity index (χ1v) is 4.12. The van der Waals surface area contributed by atoms with Gasteiger partial charge in [-0.2, -0.15) is 0 Å². The molecule has 1 amide bonds. The van der Waals surface area contributed by atoms with Crippen LogP contribution in [0, 0.1) is 0 Å². The number of pyridine rings is 1. The number of amides is 1. The molecule has 5 nitrogen and oxygen atoms in total. The van der Waals surface area contributed by atoms with Crippen molar-refractivity contribution in [2.45, 2.75) is 0 Å². The van der Waals surface area contributed by atoms with Crippen LogP contribution >= 0.6 is 0 Å². The number of nitrogens with zero attached hydrogens (tertiary/aromatic N) is 2. The molecular formula is C8H8N4O. The molecule has 0 atom stereocenters. The average molecular weight is 176 g/mol. The van der Waals surface area contributed by atoms with E-state index in [0.717, 1.165) is 11.4 Å². The second kappa shape index (κ2) is 2.12. The molecule has 2 N–H and O–H groups in total. The van der Waals surface area contributed by atoms with Crippen LogP contribution in [0.3, 0.4) is 0 Å². The van der Waals surface area contributed by atoms with Crippen molar-refractivity contribution in [3.63, 3.8) is 0 Å². The minimum Gasteiger partial charge on any atom is -0.366 e. The molecule has 0 aromatic carbocycles. The van der Waals surface area contributed by atoms with Crippen molar-refractivity contribution in [2.75, 3.05) is 28.7 Å². The van der Waals surface area contributed by atoms with Crippen LogP contribution < -0.4 is 15.5 Å². The minimum atomic E-state index is 0.000787. The molecule has 5 heteroatoms. The first-order valence-electron chi connectivity index (χ1n) is 4.12.